The SMILES string of the molecule is CC(C)(O)CCc1ccc2[nH]cc(C[C@H]3CCCN3C[N+]3(S(C)(=O)=O)CCCC3)c2c1. The van der Waals surface area contributed by atoms with Gasteiger partial charge >= 0.3 is 0 Å². The molecule has 0 unspecified atom stereocenters. The van der Waals surface area contributed by atoms with E-state index in [0.29, 0.717) is 12.7 Å². The van der Waals surface area contributed by atoms with Gasteiger partial charge in [-0.05, 0) is 69.2 Å². The van der Waals surface area contributed by atoms with Gasteiger partial charge in [-0.2, -0.15) is 8.42 Å². The lowest BCUT2D eigenvalue weighted by atomic mass is 9.96. The largest absolute Gasteiger partial charge is 0.390 e. The van der Waals surface area contributed by atoms with Crippen molar-refractivity contribution in [3.63, 3.8) is 0 Å². The summed E-state index contributed by atoms with van der Waals surface area (Å²) in [7, 11) is -3.13. The molecular formula is C24H38N3O3S+. The fourth-order valence-electron chi connectivity index (χ4n) is 5.39. The van der Waals surface area contributed by atoms with E-state index in [4.69, 9.17) is 0 Å². The molecule has 1 atom stereocenters. The number of rotatable bonds is 8. The first kappa shape index (κ1) is 22.8. The van der Waals surface area contributed by atoms with E-state index in [1.807, 2.05) is 13.8 Å². The summed E-state index contributed by atoms with van der Waals surface area (Å²) in [5.74, 6) is 0. The monoisotopic (exact) mass is 448 g/mol. The van der Waals surface area contributed by atoms with E-state index in [-0.39, 0.29) is 3.89 Å². The number of sulfonamides is 1. The van der Waals surface area contributed by atoms with Gasteiger partial charge in [0.1, 0.15) is 6.67 Å². The Kier molecular flexibility index (Phi) is 6.25. The Morgan fingerprint density at radius 2 is 1.97 bits per heavy atom. The lowest BCUT2D eigenvalue weighted by Crippen LogP contribution is -2.56. The maximum atomic E-state index is 12.6. The molecule has 6 nitrogen and oxygen atoms in total. The molecule has 2 aliphatic heterocycles. The van der Waals surface area contributed by atoms with Crippen LogP contribution in [-0.4, -0.2) is 71.5 Å². The Morgan fingerprint density at radius 1 is 1.23 bits per heavy atom. The van der Waals surface area contributed by atoms with Gasteiger partial charge in [-0.3, -0.25) is 4.90 Å². The molecule has 172 valence electrons. The zero-order valence-electron chi connectivity index (χ0n) is 19.2. The third-order valence-corrected chi connectivity index (χ3v) is 9.22. The van der Waals surface area contributed by atoms with Gasteiger partial charge in [0.25, 0.3) is 10.0 Å². The molecule has 1 aromatic heterocycles. The van der Waals surface area contributed by atoms with E-state index in [1.54, 1.807) is 0 Å². The highest BCUT2D eigenvalue weighted by atomic mass is 32.2. The Morgan fingerprint density at radius 3 is 2.65 bits per heavy atom. The molecule has 3 heterocycles. The third-order valence-electron chi connectivity index (χ3n) is 7.34. The highest BCUT2D eigenvalue weighted by molar-refractivity contribution is 7.85. The molecule has 0 amide bonds. The van der Waals surface area contributed by atoms with Gasteiger partial charge in [-0.25, -0.2) is 3.89 Å². The summed E-state index contributed by atoms with van der Waals surface area (Å²) in [4.78, 5) is 5.85. The van der Waals surface area contributed by atoms with Crippen molar-refractivity contribution in [3.8, 4) is 0 Å². The second-order valence-corrected chi connectivity index (χ2v) is 12.6. The van der Waals surface area contributed by atoms with Crippen LogP contribution in [0, 0.1) is 0 Å². The fourth-order valence-corrected chi connectivity index (χ4v) is 6.67. The zero-order chi connectivity index (χ0) is 22.3. The number of hydrogen-bond donors (Lipinski definition) is 2. The minimum atomic E-state index is -3.13. The van der Waals surface area contributed by atoms with Gasteiger partial charge in [0.05, 0.1) is 24.9 Å². The number of benzene rings is 1. The van der Waals surface area contributed by atoms with Crippen LogP contribution >= 0.6 is 0 Å². The van der Waals surface area contributed by atoms with E-state index in [0.717, 1.165) is 70.1 Å². The van der Waals surface area contributed by atoms with Crippen molar-refractivity contribution in [1.29, 1.82) is 0 Å². The number of aromatic nitrogens is 1. The molecule has 0 aliphatic carbocycles. The summed E-state index contributed by atoms with van der Waals surface area (Å²) >= 11 is 0. The molecule has 0 spiro atoms. The van der Waals surface area contributed by atoms with Crippen LogP contribution in [0.3, 0.4) is 0 Å². The van der Waals surface area contributed by atoms with Crippen molar-refractivity contribution < 1.29 is 17.4 Å². The van der Waals surface area contributed by atoms with Crippen molar-refractivity contribution >= 4 is 20.9 Å². The number of likely N-dealkylation sites (tertiary alicyclic amines) is 2. The van der Waals surface area contributed by atoms with Crippen LogP contribution in [0.2, 0.25) is 0 Å². The lowest BCUT2D eigenvalue weighted by molar-refractivity contribution is -0.805. The van der Waals surface area contributed by atoms with Crippen molar-refractivity contribution in [3.05, 3.63) is 35.5 Å². The van der Waals surface area contributed by atoms with Crippen LogP contribution in [0.4, 0.5) is 0 Å². The van der Waals surface area contributed by atoms with Gasteiger partial charge in [0, 0.05) is 42.5 Å². The summed E-state index contributed by atoms with van der Waals surface area (Å²) < 4.78 is 25.5. The molecule has 2 aromatic rings. The molecular weight excluding hydrogens is 410 g/mol. The molecule has 2 aliphatic rings. The quantitative estimate of drug-likeness (QED) is 0.607. The van der Waals surface area contributed by atoms with Gasteiger partial charge in [0.2, 0.25) is 0 Å². The minimum absolute atomic E-state index is 0.235. The van der Waals surface area contributed by atoms with Gasteiger partial charge in [0.15, 0.2) is 0 Å². The summed E-state index contributed by atoms with van der Waals surface area (Å²) in [6.07, 6.45) is 10.3. The Hall–Kier alpha value is -1.41. The van der Waals surface area contributed by atoms with E-state index < -0.39 is 15.6 Å². The second kappa shape index (κ2) is 8.50. The van der Waals surface area contributed by atoms with E-state index in [1.165, 1.54) is 22.8 Å². The number of aryl methyl sites for hydroxylation is 1. The fraction of sp³-hybridized carbons (Fsp3) is 0.667. The first-order chi connectivity index (χ1) is 14.6. The third kappa shape index (κ3) is 5.00. The summed E-state index contributed by atoms with van der Waals surface area (Å²) in [6.45, 7) is 6.82. The number of nitrogens with zero attached hydrogens (tertiary/aromatic N) is 2. The topological polar surface area (TPSA) is 73.4 Å². The standard InChI is InChI=1S/C24H38N3O3S/c1-24(2,28)11-10-19-8-9-23-22(15-19)20(17-25-23)16-21-7-6-12-26(21)18-27(31(3,29)30)13-4-5-14-27/h8-9,15,17,21,25,28H,4-7,10-14,16,18H2,1-3H3/q+1/t21-/m1/s1. The van der Waals surface area contributed by atoms with Crippen molar-refractivity contribution in [2.24, 2.45) is 0 Å². The lowest BCUT2D eigenvalue weighted by Gasteiger charge is -2.36. The highest BCUT2D eigenvalue weighted by Gasteiger charge is 2.44. The second-order valence-electron chi connectivity index (χ2n) is 10.4. The van der Waals surface area contributed by atoms with Crippen molar-refractivity contribution in [2.75, 3.05) is 32.6 Å². The Bertz CT molecular complexity index is 1020. The van der Waals surface area contributed by atoms with E-state index >= 15 is 0 Å². The summed E-state index contributed by atoms with van der Waals surface area (Å²) in [5, 5.41) is 11.3. The molecule has 1 aromatic carbocycles. The number of fused-ring (bicyclic) bond motifs is 1. The van der Waals surface area contributed by atoms with Crippen LogP contribution in [0.15, 0.2) is 24.4 Å². The molecule has 0 radical (unpaired) electrons. The van der Waals surface area contributed by atoms with Gasteiger partial charge in [-0.1, -0.05) is 6.07 Å². The first-order valence-electron chi connectivity index (χ1n) is 11.7. The van der Waals surface area contributed by atoms with E-state index in [2.05, 4.69) is 34.3 Å². The number of aliphatic hydroxyl groups is 1. The molecule has 31 heavy (non-hydrogen) atoms. The van der Waals surface area contributed by atoms with Crippen LogP contribution < -0.4 is 0 Å². The molecule has 2 fully saturated rings. The number of hydrogen-bond acceptors (Lipinski definition) is 4. The predicted molar refractivity (Wildman–Crippen MR) is 125 cm³/mol. The normalized spacial score (nSPS) is 22.5. The van der Waals surface area contributed by atoms with Gasteiger partial charge in [-0.15, -0.1) is 0 Å². The number of aromatic amines is 1. The average molecular weight is 449 g/mol. The van der Waals surface area contributed by atoms with Crippen LogP contribution in [0.5, 0.6) is 0 Å². The molecule has 2 saturated heterocycles. The molecule has 0 bridgehead atoms. The predicted octanol–water partition coefficient (Wildman–Crippen LogP) is 3.41. The highest BCUT2D eigenvalue weighted by Crippen LogP contribution is 2.31. The van der Waals surface area contributed by atoms with Gasteiger partial charge < -0.3 is 10.1 Å². The molecule has 4 rings (SSSR count). The number of H-pyrrole nitrogens is 1. The number of nitrogens with one attached hydrogen (secondary N) is 1. The Balaban J connectivity index is 1.51. The summed E-state index contributed by atoms with van der Waals surface area (Å²) in [5.41, 5.74) is 3.04. The maximum Gasteiger partial charge on any atom is 0.295 e. The van der Waals surface area contributed by atoms with Crippen LogP contribution in [-0.2, 0) is 22.9 Å². The minimum Gasteiger partial charge on any atom is -0.390 e. The van der Waals surface area contributed by atoms with Crippen LogP contribution in [0.25, 0.3) is 10.9 Å². The van der Waals surface area contributed by atoms with E-state index in [9.17, 15) is 13.5 Å². The van der Waals surface area contributed by atoms with Crippen LogP contribution in [0.1, 0.15) is 57.1 Å². The maximum absolute atomic E-state index is 12.6. The molecule has 0 saturated carbocycles. The average Bonchev–Trinajstić information content (AvgIpc) is 3.41. The molecule has 7 heteroatoms. The van der Waals surface area contributed by atoms with Crippen molar-refractivity contribution in [2.45, 2.75) is 70.4 Å². The number of quaternary nitrogens is 1. The smallest absolute Gasteiger partial charge is 0.295 e. The molecule has 2 N–H and O–H groups in total. The first-order valence-corrected chi connectivity index (χ1v) is 13.5. The zero-order valence-corrected chi connectivity index (χ0v) is 20.0. The summed E-state index contributed by atoms with van der Waals surface area (Å²) in [6, 6.07) is 6.93. The Labute approximate surface area is 186 Å². The van der Waals surface area contributed by atoms with Crippen molar-refractivity contribution in [1.82, 2.24) is 9.88 Å².